The number of hydrogen-bond donors (Lipinski definition) is 0. The fraction of sp³-hybridized carbons (Fsp3) is 0.429. The van der Waals surface area contributed by atoms with Crippen molar-refractivity contribution >= 4 is 16.9 Å². The molecular weight excluding hydrogens is 280 g/mol. The summed E-state index contributed by atoms with van der Waals surface area (Å²) in [6, 6.07) is 1.45. The fourth-order valence-corrected chi connectivity index (χ4v) is 2.25. The number of rotatable bonds is 4. The molecule has 2 aromatic rings. The highest BCUT2D eigenvalue weighted by molar-refractivity contribution is 5.83. The van der Waals surface area contributed by atoms with Crippen LogP contribution in [-0.2, 0) is 9.63 Å². The molecule has 0 radical (unpaired) electrons. The third-order valence-electron chi connectivity index (χ3n) is 3.39. The number of nitrogens with zero attached hydrogens (tertiary/aromatic N) is 3. The average Bonchev–Trinajstić information content (AvgIpc) is 2.81. The van der Waals surface area contributed by atoms with Gasteiger partial charge >= 0.3 is 0 Å². The van der Waals surface area contributed by atoms with Crippen LogP contribution < -0.4 is 0 Å². The van der Waals surface area contributed by atoms with Crippen LogP contribution in [0.4, 0.5) is 8.78 Å². The number of benzene rings is 1. The van der Waals surface area contributed by atoms with Crippen molar-refractivity contribution in [2.45, 2.75) is 19.9 Å². The minimum atomic E-state index is -0.973. The van der Waals surface area contributed by atoms with Crippen LogP contribution in [0.2, 0.25) is 0 Å². The lowest BCUT2D eigenvalue weighted by Gasteiger charge is -2.26. The van der Waals surface area contributed by atoms with Crippen LogP contribution >= 0.6 is 0 Å². The lowest BCUT2D eigenvalue weighted by Crippen LogP contribution is -2.36. The summed E-state index contributed by atoms with van der Waals surface area (Å²) in [5.41, 5.74) is 0.665. The van der Waals surface area contributed by atoms with Gasteiger partial charge in [-0.2, -0.15) is 0 Å². The Morgan fingerprint density at radius 3 is 2.52 bits per heavy atom. The summed E-state index contributed by atoms with van der Waals surface area (Å²) in [4.78, 5) is 21.3. The maximum Gasteiger partial charge on any atom is 0.269 e. The average molecular weight is 297 g/mol. The standard InChI is InChI=1S/C14H17F2N3O2/c1-8(2)13(14(20)18(3)21-4)19-7-17-11-5-9(15)10(16)6-12(11)19/h5-8,13H,1-4H3/t13-/m0/s1. The van der Waals surface area contributed by atoms with Crippen molar-refractivity contribution in [2.24, 2.45) is 5.92 Å². The highest BCUT2D eigenvalue weighted by Crippen LogP contribution is 2.26. The summed E-state index contributed by atoms with van der Waals surface area (Å²) < 4.78 is 28.2. The molecule has 7 heteroatoms. The van der Waals surface area contributed by atoms with Crippen LogP contribution in [0.1, 0.15) is 19.9 Å². The molecule has 0 saturated carbocycles. The van der Waals surface area contributed by atoms with Gasteiger partial charge in [-0.15, -0.1) is 0 Å². The Morgan fingerprint density at radius 1 is 1.33 bits per heavy atom. The minimum Gasteiger partial charge on any atom is -0.317 e. The van der Waals surface area contributed by atoms with Gasteiger partial charge in [-0.3, -0.25) is 9.63 Å². The van der Waals surface area contributed by atoms with E-state index in [1.54, 1.807) is 4.57 Å². The van der Waals surface area contributed by atoms with Gasteiger partial charge in [0.05, 0.1) is 24.5 Å². The van der Waals surface area contributed by atoms with E-state index in [2.05, 4.69) is 4.98 Å². The Morgan fingerprint density at radius 2 is 1.95 bits per heavy atom. The molecule has 1 heterocycles. The van der Waals surface area contributed by atoms with Crippen LogP contribution in [0.25, 0.3) is 11.0 Å². The van der Waals surface area contributed by atoms with Gasteiger partial charge in [0.25, 0.3) is 5.91 Å². The molecule has 0 aliphatic heterocycles. The zero-order chi connectivity index (χ0) is 15.7. The van der Waals surface area contributed by atoms with Crippen molar-refractivity contribution < 1.29 is 18.4 Å². The van der Waals surface area contributed by atoms with E-state index in [4.69, 9.17) is 4.84 Å². The second kappa shape index (κ2) is 5.77. The molecule has 1 aromatic heterocycles. The zero-order valence-electron chi connectivity index (χ0n) is 12.3. The molecule has 0 aliphatic rings. The van der Waals surface area contributed by atoms with Crippen LogP contribution in [-0.4, -0.2) is 34.7 Å². The van der Waals surface area contributed by atoms with Crippen molar-refractivity contribution in [1.82, 2.24) is 14.6 Å². The molecule has 1 amide bonds. The van der Waals surface area contributed by atoms with Gasteiger partial charge in [-0.1, -0.05) is 13.8 Å². The molecule has 1 aromatic carbocycles. The normalized spacial score (nSPS) is 12.9. The monoisotopic (exact) mass is 297 g/mol. The third-order valence-corrected chi connectivity index (χ3v) is 3.39. The van der Waals surface area contributed by atoms with Crippen LogP contribution in [0.3, 0.4) is 0 Å². The minimum absolute atomic E-state index is 0.0828. The smallest absolute Gasteiger partial charge is 0.269 e. The number of aromatic nitrogens is 2. The largest absolute Gasteiger partial charge is 0.317 e. The molecule has 0 spiro atoms. The van der Waals surface area contributed by atoms with Gasteiger partial charge in [-0.05, 0) is 5.92 Å². The van der Waals surface area contributed by atoms with Gasteiger partial charge in [0.1, 0.15) is 6.04 Å². The molecule has 21 heavy (non-hydrogen) atoms. The summed E-state index contributed by atoms with van der Waals surface area (Å²) in [6.07, 6.45) is 1.41. The number of imidazole rings is 1. The molecule has 0 fully saturated rings. The molecule has 0 aliphatic carbocycles. The Bertz CT molecular complexity index is 670. The molecular formula is C14H17F2N3O2. The van der Waals surface area contributed by atoms with E-state index < -0.39 is 17.7 Å². The topological polar surface area (TPSA) is 47.4 Å². The predicted molar refractivity (Wildman–Crippen MR) is 73.3 cm³/mol. The zero-order valence-corrected chi connectivity index (χ0v) is 12.3. The number of fused-ring (bicyclic) bond motifs is 1. The lowest BCUT2D eigenvalue weighted by atomic mass is 10.0. The number of halogens is 2. The van der Waals surface area contributed by atoms with E-state index >= 15 is 0 Å². The first-order valence-corrected chi connectivity index (χ1v) is 6.50. The van der Waals surface area contributed by atoms with Crippen LogP contribution in [0, 0.1) is 17.6 Å². The first-order chi connectivity index (χ1) is 9.86. The number of hydrogen-bond acceptors (Lipinski definition) is 3. The van der Waals surface area contributed by atoms with Gasteiger partial charge in [0.2, 0.25) is 0 Å². The maximum absolute atomic E-state index is 13.5. The molecule has 0 bridgehead atoms. The Hall–Kier alpha value is -2.02. The molecule has 0 N–H and O–H groups in total. The van der Waals surface area contributed by atoms with Crippen molar-refractivity contribution in [1.29, 1.82) is 0 Å². The highest BCUT2D eigenvalue weighted by atomic mass is 19.2. The first-order valence-electron chi connectivity index (χ1n) is 6.50. The lowest BCUT2D eigenvalue weighted by molar-refractivity contribution is -0.173. The van der Waals surface area contributed by atoms with Crippen LogP contribution in [0.15, 0.2) is 18.5 Å². The van der Waals surface area contributed by atoms with Crippen molar-refractivity contribution in [3.8, 4) is 0 Å². The Labute approximate surface area is 121 Å². The maximum atomic E-state index is 13.5. The summed E-state index contributed by atoms with van der Waals surface area (Å²) >= 11 is 0. The number of carbonyl (C=O) groups excluding carboxylic acids is 1. The predicted octanol–water partition coefficient (Wildman–Crippen LogP) is 2.53. The Kier molecular flexibility index (Phi) is 4.22. The summed E-state index contributed by atoms with van der Waals surface area (Å²) in [7, 11) is 2.88. The number of likely N-dealkylation sites (N-methyl/N-ethyl adjacent to an activating group) is 1. The van der Waals surface area contributed by atoms with E-state index in [-0.39, 0.29) is 11.8 Å². The SMILES string of the molecule is CON(C)C(=O)[C@H](C(C)C)n1cnc2cc(F)c(F)cc21. The van der Waals surface area contributed by atoms with Crippen LogP contribution in [0.5, 0.6) is 0 Å². The highest BCUT2D eigenvalue weighted by Gasteiger charge is 2.29. The Balaban J connectivity index is 2.56. The molecule has 114 valence electrons. The fourth-order valence-electron chi connectivity index (χ4n) is 2.25. The van der Waals surface area contributed by atoms with E-state index in [0.29, 0.717) is 11.0 Å². The van der Waals surface area contributed by atoms with E-state index in [9.17, 15) is 13.6 Å². The van der Waals surface area contributed by atoms with Crippen molar-refractivity contribution in [3.05, 3.63) is 30.1 Å². The van der Waals surface area contributed by atoms with E-state index in [1.807, 2.05) is 13.8 Å². The van der Waals surface area contributed by atoms with Crippen molar-refractivity contribution in [2.75, 3.05) is 14.2 Å². The van der Waals surface area contributed by atoms with E-state index in [0.717, 1.165) is 17.2 Å². The first kappa shape index (κ1) is 15.4. The number of amides is 1. The quantitative estimate of drug-likeness (QED) is 0.815. The van der Waals surface area contributed by atoms with Gasteiger partial charge in [0.15, 0.2) is 11.6 Å². The van der Waals surface area contributed by atoms with Crippen molar-refractivity contribution in [3.63, 3.8) is 0 Å². The molecule has 5 nitrogen and oxygen atoms in total. The summed E-state index contributed by atoms with van der Waals surface area (Å²) in [6.45, 7) is 3.72. The molecule has 0 unspecified atom stereocenters. The number of hydroxylamine groups is 2. The summed E-state index contributed by atoms with van der Waals surface area (Å²) in [5, 5.41) is 1.11. The van der Waals surface area contributed by atoms with E-state index in [1.165, 1.54) is 20.5 Å². The van der Waals surface area contributed by atoms with Gasteiger partial charge < -0.3 is 4.57 Å². The molecule has 1 atom stereocenters. The number of carbonyl (C=O) groups is 1. The molecule has 2 rings (SSSR count). The second-order valence-corrected chi connectivity index (χ2v) is 5.11. The summed E-state index contributed by atoms with van der Waals surface area (Å²) in [5.74, 6) is -2.31. The molecule has 0 saturated heterocycles. The van der Waals surface area contributed by atoms with Gasteiger partial charge in [0, 0.05) is 19.2 Å². The van der Waals surface area contributed by atoms with Gasteiger partial charge in [-0.25, -0.2) is 18.8 Å². The second-order valence-electron chi connectivity index (χ2n) is 5.11. The third kappa shape index (κ3) is 2.73.